The first-order valence-electron chi connectivity index (χ1n) is 5.60. The number of pyridine rings is 1. The van der Waals surface area contributed by atoms with Gasteiger partial charge in [-0.25, -0.2) is 9.78 Å². The van der Waals surface area contributed by atoms with Crippen molar-refractivity contribution < 1.29 is 4.79 Å². The SMILES string of the molecule is Cc1nc(CCNC(=O)Nc2cccnc2)cs1. The Morgan fingerprint density at radius 1 is 1.50 bits per heavy atom. The average Bonchev–Trinajstić information content (AvgIpc) is 2.76. The molecule has 0 atom stereocenters. The molecule has 18 heavy (non-hydrogen) atoms. The second kappa shape index (κ2) is 6.11. The van der Waals surface area contributed by atoms with E-state index in [0.29, 0.717) is 12.2 Å². The van der Waals surface area contributed by atoms with Crippen LogP contribution in [0, 0.1) is 6.92 Å². The average molecular weight is 262 g/mol. The van der Waals surface area contributed by atoms with Gasteiger partial charge in [-0.15, -0.1) is 11.3 Å². The highest BCUT2D eigenvalue weighted by Crippen LogP contribution is 2.07. The highest BCUT2D eigenvalue weighted by molar-refractivity contribution is 7.09. The van der Waals surface area contributed by atoms with E-state index in [2.05, 4.69) is 20.6 Å². The van der Waals surface area contributed by atoms with Gasteiger partial charge in [0.1, 0.15) is 0 Å². The molecule has 0 radical (unpaired) electrons. The third-order valence-corrected chi connectivity index (χ3v) is 3.08. The molecule has 0 aliphatic heterocycles. The molecular formula is C12H14N4OS. The first-order valence-corrected chi connectivity index (χ1v) is 6.48. The van der Waals surface area contributed by atoms with Crippen LogP contribution in [-0.2, 0) is 6.42 Å². The maximum atomic E-state index is 11.5. The number of nitrogens with zero attached hydrogens (tertiary/aromatic N) is 2. The van der Waals surface area contributed by atoms with Gasteiger partial charge in [-0.2, -0.15) is 0 Å². The van der Waals surface area contributed by atoms with E-state index < -0.39 is 0 Å². The summed E-state index contributed by atoms with van der Waals surface area (Å²) in [6, 6.07) is 3.33. The molecule has 6 heteroatoms. The maximum absolute atomic E-state index is 11.5. The van der Waals surface area contributed by atoms with Crippen molar-refractivity contribution in [1.29, 1.82) is 0 Å². The molecule has 0 saturated carbocycles. The Balaban J connectivity index is 1.72. The standard InChI is InChI=1S/C12H14N4OS/c1-9-15-11(8-18-9)4-6-14-12(17)16-10-3-2-5-13-7-10/h2-3,5,7-8H,4,6H2,1H3,(H2,14,16,17). The van der Waals surface area contributed by atoms with E-state index in [0.717, 1.165) is 17.1 Å². The van der Waals surface area contributed by atoms with Crippen LogP contribution in [-0.4, -0.2) is 22.5 Å². The topological polar surface area (TPSA) is 66.9 Å². The van der Waals surface area contributed by atoms with Crippen molar-refractivity contribution in [2.45, 2.75) is 13.3 Å². The Morgan fingerprint density at radius 3 is 3.06 bits per heavy atom. The van der Waals surface area contributed by atoms with Crippen molar-refractivity contribution in [3.63, 3.8) is 0 Å². The zero-order valence-corrected chi connectivity index (χ0v) is 10.8. The molecule has 2 heterocycles. The fraction of sp³-hybridized carbons (Fsp3) is 0.250. The summed E-state index contributed by atoms with van der Waals surface area (Å²) in [5, 5.41) is 8.53. The van der Waals surface area contributed by atoms with Crippen LogP contribution in [0.1, 0.15) is 10.7 Å². The molecule has 2 amide bonds. The van der Waals surface area contributed by atoms with Crippen LogP contribution in [0.4, 0.5) is 10.5 Å². The number of thiazole rings is 1. The van der Waals surface area contributed by atoms with Gasteiger partial charge in [-0.05, 0) is 19.1 Å². The molecule has 2 aromatic heterocycles. The van der Waals surface area contributed by atoms with Gasteiger partial charge >= 0.3 is 6.03 Å². The molecule has 0 saturated heterocycles. The van der Waals surface area contributed by atoms with Crippen LogP contribution in [0.5, 0.6) is 0 Å². The van der Waals surface area contributed by atoms with Gasteiger partial charge in [0.05, 0.1) is 22.6 Å². The molecule has 2 aromatic rings. The highest BCUT2D eigenvalue weighted by Gasteiger charge is 2.02. The predicted octanol–water partition coefficient (Wildman–Crippen LogP) is 2.21. The molecule has 2 rings (SSSR count). The summed E-state index contributed by atoms with van der Waals surface area (Å²) in [6.07, 6.45) is 4.00. The molecule has 0 bridgehead atoms. The molecule has 0 fully saturated rings. The maximum Gasteiger partial charge on any atom is 0.319 e. The second-order valence-electron chi connectivity index (χ2n) is 3.73. The molecule has 2 N–H and O–H groups in total. The highest BCUT2D eigenvalue weighted by atomic mass is 32.1. The number of nitrogens with one attached hydrogen (secondary N) is 2. The number of amides is 2. The lowest BCUT2D eigenvalue weighted by Gasteiger charge is -2.06. The first kappa shape index (κ1) is 12.5. The third-order valence-electron chi connectivity index (χ3n) is 2.25. The molecule has 94 valence electrons. The van der Waals surface area contributed by atoms with E-state index in [-0.39, 0.29) is 6.03 Å². The Labute approximate surface area is 109 Å². The van der Waals surface area contributed by atoms with Crippen molar-refractivity contribution >= 4 is 23.1 Å². The number of carbonyl (C=O) groups excluding carboxylic acids is 1. The number of hydrogen-bond acceptors (Lipinski definition) is 4. The quantitative estimate of drug-likeness (QED) is 0.887. The first-order chi connectivity index (χ1) is 8.74. The fourth-order valence-corrected chi connectivity index (χ4v) is 2.09. The molecule has 0 unspecified atom stereocenters. The van der Waals surface area contributed by atoms with Gasteiger partial charge in [-0.3, -0.25) is 4.98 Å². The zero-order valence-electron chi connectivity index (χ0n) is 10.0. The number of aromatic nitrogens is 2. The molecule has 5 nitrogen and oxygen atoms in total. The molecule has 0 aliphatic carbocycles. The van der Waals surface area contributed by atoms with E-state index in [4.69, 9.17) is 0 Å². The van der Waals surface area contributed by atoms with Gasteiger partial charge in [0.2, 0.25) is 0 Å². The lowest BCUT2D eigenvalue weighted by molar-refractivity contribution is 0.252. The van der Waals surface area contributed by atoms with Crippen LogP contribution >= 0.6 is 11.3 Å². The number of anilines is 1. The van der Waals surface area contributed by atoms with Crippen LogP contribution < -0.4 is 10.6 Å². The lowest BCUT2D eigenvalue weighted by atomic mass is 10.3. The van der Waals surface area contributed by atoms with Gasteiger partial charge in [0.15, 0.2) is 0 Å². The largest absolute Gasteiger partial charge is 0.337 e. The minimum Gasteiger partial charge on any atom is -0.337 e. The normalized spacial score (nSPS) is 10.1. The minimum absolute atomic E-state index is 0.227. The van der Waals surface area contributed by atoms with Crippen LogP contribution in [0.2, 0.25) is 0 Å². The molecular weight excluding hydrogens is 248 g/mol. The lowest BCUT2D eigenvalue weighted by Crippen LogP contribution is -2.30. The Kier molecular flexibility index (Phi) is 4.25. The van der Waals surface area contributed by atoms with Crippen molar-refractivity contribution in [2.24, 2.45) is 0 Å². The van der Waals surface area contributed by atoms with E-state index in [1.54, 1.807) is 35.9 Å². The predicted molar refractivity (Wildman–Crippen MR) is 71.8 cm³/mol. The van der Waals surface area contributed by atoms with Crippen molar-refractivity contribution in [1.82, 2.24) is 15.3 Å². The fourth-order valence-electron chi connectivity index (χ4n) is 1.44. The molecule has 0 spiro atoms. The second-order valence-corrected chi connectivity index (χ2v) is 4.79. The summed E-state index contributed by atoms with van der Waals surface area (Å²) in [7, 11) is 0. The monoisotopic (exact) mass is 262 g/mol. The van der Waals surface area contributed by atoms with Crippen LogP contribution in [0.25, 0.3) is 0 Å². The van der Waals surface area contributed by atoms with Crippen molar-refractivity contribution in [2.75, 3.05) is 11.9 Å². The van der Waals surface area contributed by atoms with E-state index >= 15 is 0 Å². The minimum atomic E-state index is -0.227. The Morgan fingerprint density at radius 2 is 2.39 bits per heavy atom. The summed E-state index contributed by atoms with van der Waals surface area (Å²) >= 11 is 1.62. The van der Waals surface area contributed by atoms with E-state index in [9.17, 15) is 4.79 Å². The Bertz CT molecular complexity index is 512. The van der Waals surface area contributed by atoms with E-state index in [1.807, 2.05) is 12.3 Å². The summed E-state index contributed by atoms with van der Waals surface area (Å²) < 4.78 is 0. The number of aryl methyl sites for hydroxylation is 1. The van der Waals surface area contributed by atoms with Crippen LogP contribution in [0.15, 0.2) is 29.9 Å². The van der Waals surface area contributed by atoms with Crippen LogP contribution in [0.3, 0.4) is 0 Å². The summed E-state index contributed by atoms with van der Waals surface area (Å²) in [5.74, 6) is 0. The number of carbonyl (C=O) groups is 1. The number of urea groups is 1. The van der Waals surface area contributed by atoms with Gasteiger partial charge in [-0.1, -0.05) is 0 Å². The van der Waals surface area contributed by atoms with E-state index in [1.165, 1.54) is 0 Å². The zero-order chi connectivity index (χ0) is 12.8. The number of hydrogen-bond donors (Lipinski definition) is 2. The Hall–Kier alpha value is -1.95. The van der Waals surface area contributed by atoms with Crippen molar-refractivity contribution in [3.8, 4) is 0 Å². The summed E-state index contributed by atoms with van der Waals surface area (Å²) in [6.45, 7) is 2.53. The van der Waals surface area contributed by atoms with Gasteiger partial charge < -0.3 is 10.6 Å². The number of rotatable bonds is 4. The third kappa shape index (κ3) is 3.81. The summed E-state index contributed by atoms with van der Waals surface area (Å²) in [4.78, 5) is 19.8. The summed E-state index contributed by atoms with van der Waals surface area (Å²) in [5.41, 5.74) is 1.69. The van der Waals surface area contributed by atoms with Crippen molar-refractivity contribution in [3.05, 3.63) is 40.6 Å². The molecule has 0 aromatic carbocycles. The smallest absolute Gasteiger partial charge is 0.319 e. The van der Waals surface area contributed by atoms with Gasteiger partial charge in [0.25, 0.3) is 0 Å². The van der Waals surface area contributed by atoms with Gasteiger partial charge in [0, 0.05) is 24.5 Å². The molecule has 0 aliphatic rings.